The van der Waals surface area contributed by atoms with Gasteiger partial charge in [0.15, 0.2) is 0 Å². The van der Waals surface area contributed by atoms with Gasteiger partial charge in [-0.1, -0.05) is 12.1 Å². The highest BCUT2D eigenvalue weighted by molar-refractivity contribution is 6.34. The van der Waals surface area contributed by atoms with Crippen LogP contribution in [0.4, 0.5) is 17.1 Å². The zero-order valence-electron chi connectivity index (χ0n) is 16.7. The Balaban J connectivity index is 1.62. The molecule has 0 aliphatic carbocycles. The smallest absolute Gasteiger partial charge is 0.270 e. The van der Waals surface area contributed by atoms with Gasteiger partial charge >= 0.3 is 0 Å². The quantitative estimate of drug-likeness (QED) is 0.389. The highest BCUT2D eigenvalue weighted by Crippen LogP contribution is 2.31. The maximum absolute atomic E-state index is 12.8. The molecular formula is C23H17N3O5. The molecule has 0 spiro atoms. The van der Waals surface area contributed by atoms with Crippen molar-refractivity contribution < 1.29 is 19.3 Å². The third-order valence-electron chi connectivity index (χ3n) is 5.21. The molecule has 1 heterocycles. The minimum absolute atomic E-state index is 0.0378. The summed E-state index contributed by atoms with van der Waals surface area (Å²) in [5.41, 5.74) is 3.01. The third kappa shape index (κ3) is 3.55. The van der Waals surface area contributed by atoms with Gasteiger partial charge in [0.25, 0.3) is 23.4 Å². The number of anilines is 2. The largest absolute Gasteiger partial charge is 0.322 e. The van der Waals surface area contributed by atoms with Gasteiger partial charge in [-0.05, 0) is 61.4 Å². The van der Waals surface area contributed by atoms with E-state index in [0.29, 0.717) is 5.69 Å². The van der Waals surface area contributed by atoms with Gasteiger partial charge < -0.3 is 5.32 Å². The molecule has 0 radical (unpaired) electrons. The highest BCUT2D eigenvalue weighted by atomic mass is 16.6. The second kappa shape index (κ2) is 7.49. The minimum atomic E-state index is -0.671. The molecule has 1 aliphatic rings. The first-order valence-corrected chi connectivity index (χ1v) is 9.42. The van der Waals surface area contributed by atoms with E-state index in [2.05, 4.69) is 5.32 Å². The molecule has 0 aromatic heterocycles. The van der Waals surface area contributed by atoms with Crippen molar-refractivity contribution in [3.63, 3.8) is 0 Å². The molecule has 8 heteroatoms. The van der Waals surface area contributed by atoms with Crippen molar-refractivity contribution in [1.82, 2.24) is 0 Å². The van der Waals surface area contributed by atoms with Crippen molar-refractivity contribution in [2.45, 2.75) is 13.8 Å². The lowest BCUT2D eigenvalue weighted by molar-refractivity contribution is -0.384. The van der Waals surface area contributed by atoms with E-state index in [1.807, 2.05) is 26.0 Å². The van der Waals surface area contributed by atoms with Crippen molar-refractivity contribution >= 4 is 34.8 Å². The molecular weight excluding hydrogens is 398 g/mol. The van der Waals surface area contributed by atoms with Crippen LogP contribution in [-0.2, 0) is 0 Å². The molecule has 1 aliphatic heterocycles. The van der Waals surface area contributed by atoms with E-state index in [-0.39, 0.29) is 28.1 Å². The number of fused-ring (bicyclic) bond motifs is 1. The van der Waals surface area contributed by atoms with Crippen LogP contribution in [0, 0.1) is 24.0 Å². The number of benzene rings is 3. The number of imide groups is 1. The lowest BCUT2D eigenvalue weighted by atomic mass is 10.1. The number of non-ortho nitro benzene ring substituents is 1. The summed E-state index contributed by atoms with van der Waals surface area (Å²) < 4.78 is 0. The van der Waals surface area contributed by atoms with Crippen LogP contribution in [0.2, 0.25) is 0 Å². The molecule has 3 aromatic rings. The summed E-state index contributed by atoms with van der Waals surface area (Å²) in [6.45, 7) is 3.92. The molecule has 0 bridgehead atoms. The van der Waals surface area contributed by atoms with Crippen LogP contribution >= 0.6 is 0 Å². The van der Waals surface area contributed by atoms with Crippen molar-refractivity contribution in [2.24, 2.45) is 0 Å². The lowest BCUT2D eigenvalue weighted by Gasteiger charge is -2.15. The molecule has 0 fully saturated rings. The maximum atomic E-state index is 12.8. The normalized spacial score (nSPS) is 12.6. The molecule has 0 saturated heterocycles. The number of nitrogens with zero attached hydrogens (tertiary/aromatic N) is 2. The van der Waals surface area contributed by atoms with E-state index in [1.165, 1.54) is 24.3 Å². The number of rotatable bonds is 4. The van der Waals surface area contributed by atoms with E-state index >= 15 is 0 Å². The summed E-state index contributed by atoms with van der Waals surface area (Å²) in [4.78, 5) is 49.6. The second-order valence-corrected chi connectivity index (χ2v) is 7.24. The lowest BCUT2D eigenvalue weighted by Crippen LogP contribution is -2.29. The first kappa shape index (κ1) is 20.0. The topological polar surface area (TPSA) is 110 Å². The summed E-state index contributed by atoms with van der Waals surface area (Å²) >= 11 is 0. The minimum Gasteiger partial charge on any atom is -0.322 e. The van der Waals surface area contributed by atoms with Crippen molar-refractivity contribution in [3.05, 3.63) is 98.6 Å². The van der Waals surface area contributed by atoms with Gasteiger partial charge in [-0.2, -0.15) is 0 Å². The molecule has 31 heavy (non-hydrogen) atoms. The van der Waals surface area contributed by atoms with E-state index in [4.69, 9.17) is 0 Å². The monoisotopic (exact) mass is 415 g/mol. The van der Waals surface area contributed by atoms with Gasteiger partial charge in [0, 0.05) is 23.4 Å². The number of aryl methyl sites for hydroxylation is 2. The van der Waals surface area contributed by atoms with Gasteiger partial charge in [-0.15, -0.1) is 0 Å². The Kier molecular flexibility index (Phi) is 4.82. The first-order chi connectivity index (χ1) is 14.8. The molecule has 0 atom stereocenters. The number of hydrogen-bond donors (Lipinski definition) is 1. The molecule has 154 valence electrons. The van der Waals surface area contributed by atoms with E-state index in [9.17, 15) is 24.5 Å². The van der Waals surface area contributed by atoms with Gasteiger partial charge in [-0.25, -0.2) is 4.90 Å². The summed E-state index contributed by atoms with van der Waals surface area (Å²) in [5, 5.41) is 13.8. The molecule has 1 N–H and O–H groups in total. The molecule has 3 amide bonds. The van der Waals surface area contributed by atoms with Crippen LogP contribution in [0.25, 0.3) is 0 Å². The Morgan fingerprint density at radius 1 is 0.903 bits per heavy atom. The average molecular weight is 415 g/mol. The Morgan fingerprint density at radius 2 is 1.65 bits per heavy atom. The SMILES string of the molecule is Cc1ccc(NC(=O)c2cccc(N3C(=O)c4ccc([N+](=O)[O-])cc4C3=O)c2)cc1C. The molecule has 4 rings (SSSR count). The van der Waals surface area contributed by atoms with E-state index in [0.717, 1.165) is 22.1 Å². The zero-order chi connectivity index (χ0) is 22.3. The number of amides is 3. The summed E-state index contributed by atoms with van der Waals surface area (Å²) in [7, 11) is 0. The van der Waals surface area contributed by atoms with Crippen LogP contribution in [0.15, 0.2) is 60.7 Å². The van der Waals surface area contributed by atoms with E-state index in [1.54, 1.807) is 18.2 Å². The van der Waals surface area contributed by atoms with Gasteiger partial charge in [0.2, 0.25) is 0 Å². The van der Waals surface area contributed by atoms with Crippen LogP contribution in [0.5, 0.6) is 0 Å². The molecule has 0 unspecified atom stereocenters. The molecule has 3 aromatic carbocycles. The fraction of sp³-hybridized carbons (Fsp3) is 0.0870. The zero-order valence-corrected chi connectivity index (χ0v) is 16.7. The molecule has 8 nitrogen and oxygen atoms in total. The number of nitro benzene ring substituents is 1. The average Bonchev–Trinajstić information content (AvgIpc) is 3.00. The fourth-order valence-electron chi connectivity index (χ4n) is 3.39. The second-order valence-electron chi connectivity index (χ2n) is 7.24. The predicted octanol–water partition coefficient (Wildman–Crippen LogP) is 4.26. The van der Waals surface area contributed by atoms with Crippen molar-refractivity contribution in [1.29, 1.82) is 0 Å². The van der Waals surface area contributed by atoms with Crippen LogP contribution in [0.1, 0.15) is 42.2 Å². The summed E-state index contributed by atoms with van der Waals surface area (Å²) in [5.74, 6) is -1.66. The number of carbonyl (C=O) groups is 3. The number of nitrogens with one attached hydrogen (secondary N) is 1. The third-order valence-corrected chi connectivity index (χ3v) is 5.21. The standard InChI is InChI=1S/C23H17N3O5/c1-13-6-7-16(10-14(13)2)24-21(27)15-4-3-5-17(11-15)25-22(28)19-9-8-18(26(30)31)12-20(19)23(25)29/h3-12H,1-2H3,(H,24,27). The van der Waals surface area contributed by atoms with Gasteiger partial charge in [-0.3, -0.25) is 24.5 Å². The Bertz CT molecular complexity index is 1280. The van der Waals surface area contributed by atoms with Crippen LogP contribution in [-0.4, -0.2) is 22.6 Å². The number of carbonyl (C=O) groups excluding carboxylic acids is 3. The highest BCUT2D eigenvalue weighted by Gasteiger charge is 2.38. The van der Waals surface area contributed by atoms with Crippen molar-refractivity contribution in [2.75, 3.05) is 10.2 Å². The van der Waals surface area contributed by atoms with Gasteiger partial charge in [0.1, 0.15) is 0 Å². The Labute approximate surface area is 177 Å². The maximum Gasteiger partial charge on any atom is 0.270 e. The fourth-order valence-corrected chi connectivity index (χ4v) is 3.39. The van der Waals surface area contributed by atoms with Crippen LogP contribution in [0.3, 0.4) is 0 Å². The Morgan fingerprint density at radius 3 is 2.35 bits per heavy atom. The Hall–Kier alpha value is -4.33. The van der Waals surface area contributed by atoms with E-state index < -0.39 is 22.6 Å². The number of nitro groups is 1. The summed E-state index contributed by atoms with van der Waals surface area (Å²) in [6.07, 6.45) is 0. The first-order valence-electron chi connectivity index (χ1n) is 9.42. The van der Waals surface area contributed by atoms with Crippen LogP contribution < -0.4 is 10.2 Å². The predicted molar refractivity (Wildman–Crippen MR) is 115 cm³/mol. The van der Waals surface area contributed by atoms with Crippen molar-refractivity contribution in [3.8, 4) is 0 Å². The molecule has 0 saturated carbocycles. The number of hydrogen-bond acceptors (Lipinski definition) is 5. The summed E-state index contributed by atoms with van der Waals surface area (Å²) in [6, 6.07) is 15.2. The van der Waals surface area contributed by atoms with Gasteiger partial charge in [0.05, 0.1) is 21.7 Å².